The molecule has 0 radical (unpaired) electrons. The van der Waals surface area contributed by atoms with Crippen molar-refractivity contribution in [2.45, 2.75) is 27.3 Å². The van der Waals surface area contributed by atoms with Crippen molar-refractivity contribution in [2.24, 2.45) is 0 Å². The molecular formula is C10H13NO3. The van der Waals surface area contributed by atoms with Crippen molar-refractivity contribution in [3.63, 3.8) is 0 Å². The Kier molecular flexibility index (Phi) is 2.74. The van der Waals surface area contributed by atoms with Gasteiger partial charge in [0.05, 0.1) is 5.56 Å². The summed E-state index contributed by atoms with van der Waals surface area (Å²) in [5.41, 5.74) is 1.12. The molecule has 76 valence electrons. The Balaban J connectivity index is 3.60. The van der Waals surface area contributed by atoms with E-state index in [1.807, 2.05) is 6.92 Å². The quantitative estimate of drug-likeness (QED) is 0.770. The number of hydrogen-bond donors (Lipinski definition) is 1. The molecule has 0 aromatic carbocycles. The Morgan fingerprint density at radius 1 is 1.50 bits per heavy atom. The van der Waals surface area contributed by atoms with E-state index in [9.17, 15) is 9.59 Å². The number of aromatic carboxylic acids is 1. The average Bonchev–Trinajstić information content (AvgIpc) is 2.02. The summed E-state index contributed by atoms with van der Waals surface area (Å²) in [6.45, 7) is 5.60. The zero-order valence-electron chi connectivity index (χ0n) is 8.50. The molecule has 1 aromatic rings. The summed E-state index contributed by atoms with van der Waals surface area (Å²) in [4.78, 5) is 22.3. The fourth-order valence-electron chi connectivity index (χ4n) is 1.64. The molecule has 1 aromatic heterocycles. The van der Waals surface area contributed by atoms with Crippen LogP contribution in [0, 0.1) is 13.8 Å². The van der Waals surface area contributed by atoms with Gasteiger partial charge in [0.2, 0.25) is 0 Å². The second-order valence-electron chi connectivity index (χ2n) is 3.18. The summed E-state index contributed by atoms with van der Waals surface area (Å²) in [6.07, 6.45) is 0. The number of pyridine rings is 1. The third-order valence-electron chi connectivity index (χ3n) is 2.30. The van der Waals surface area contributed by atoms with E-state index in [-0.39, 0.29) is 11.1 Å². The van der Waals surface area contributed by atoms with Crippen LogP contribution in [0.5, 0.6) is 0 Å². The normalized spacial score (nSPS) is 10.2. The van der Waals surface area contributed by atoms with Crippen LogP contribution in [0.15, 0.2) is 10.9 Å². The number of carboxylic acids is 1. The Morgan fingerprint density at radius 2 is 2.07 bits per heavy atom. The maximum atomic E-state index is 11.4. The standard InChI is InChI=1S/C10H13NO3/c1-4-11-7(3)9(10(13)14)6(2)5-8(11)12/h5H,4H2,1-3H3,(H,13,14). The molecule has 0 fully saturated rings. The summed E-state index contributed by atoms with van der Waals surface area (Å²) in [5, 5.41) is 8.94. The Bertz CT molecular complexity index is 432. The van der Waals surface area contributed by atoms with Crippen LogP contribution in [-0.2, 0) is 6.54 Å². The summed E-state index contributed by atoms with van der Waals surface area (Å²) in [6, 6.07) is 1.36. The minimum Gasteiger partial charge on any atom is -0.478 e. The van der Waals surface area contributed by atoms with Crippen molar-refractivity contribution in [1.82, 2.24) is 4.57 Å². The van der Waals surface area contributed by atoms with Gasteiger partial charge < -0.3 is 9.67 Å². The molecule has 0 aliphatic carbocycles. The van der Waals surface area contributed by atoms with E-state index in [2.05, 4.69) is 0 Å². The molecule has 0 bridgehead atoms. The topological polar surface area (TPSA) is 59.3 Å². The molecule has 0 aliphatic heterocycles. The lowest BCUT2D eigenvalue weighted by Crippen LogP contribution is -2.24. The smallest absolute Gasteiger partial charge is 0.337 e. The van der Waals surface area contributed by atoms with E-state index in [4.69, 9.17) is 5.11 Å². The van der Waals surface area contributed by atoms with E-state index < -0.39 is 5.97 Å². The predicted molar refractivity (Wildman–Crippen MR) is 52.8 cm³/mol. The summed E-state index contributed by atoms with van der Waals surface area (Å²) < 4.78 is 1.45. The first-order valence-corrected chi connectivity index (χ1v) is 4.43. The number of aryl methyl sites for hydroxylation is 1. The van der Waals surface area contributed by atoms with Crippen molar-refractivity contribution >= 4 is 5.97 Å². The van der Waals surface area contributed by atoms with Crippen molar-refractivity contribution in [3.05, 3.63) is 33.2 Å². The number of carboxylic acid groups (broad SMARTS) is 1. The molecule has 0 atom stereocenters. The zero-order chi connectivity index (χ0) is 10.9. The van der Waals surface area contributed by atoms with E-state index in [0.29, 0.717) is 17.8 Å². The van der Waals surface area contributed by atoms with Gasteiger partial charge >= 0.3 is 5.97 Å². The minimum atomic E-state index is -0.984. The van der Waals surface area contributed by atoms with Crippen LogP contribution in [0.3, 0.4) is 0 Å². The van der Waals surface area contributed by atoms with Gasteiger partial charge in [-0.15, -0.1) is 0 Å². The molecule has 1 N–H and O–H groups in total. The van der Waals surface area contributed by atoms with Gasteiger partial charge in [-0.25, -0.2) is 4.79 Å². The largest absolute Gasteiger partial charge is 0.478 e. The summed E-state index contributed by atoms with van der Waals surface area (Å²) in [7, 11) is 0. The molecule has 0 saturated heterocycles. The van der Waals surface area contributed by atoms with Gasteiger partial charge in [0, 0.05) is 18.3 Å². The van der Waals surface area contributed by atoms with E-state index in [0.717, 1.165) is 0 Å². The molecule has 4 nitrogen and oxygen atoms in total. The molecule has 0 spiro atoms. The number of rotatable bonds is 2. The van der Waals surface area contributed by atoms with Crippen LogP contribution in [0.1, 0.15) is 28.5 Å². The highest BCUT2D eigenvalue weighted by molar-refractivity contribution is 5.90. The minimum absolute atomic E-state index is 0.146. The zero-order valence-corrected chi connectivity index (χ0v) is 8.50. The first-order chi connectivity index (χ1) is 6.49. The van der Waals surface area contributed by atoms with Gasteiger partial charge in [0.25, 0.3) is 5.56 Å². The van der Waals surface area contributed by atoms with Crippen LogP contribution in [0.25, 0.3) is 0 Å². The van der Waals surface area contributed by atoms with E-state index in [1.54, 1.807) is 13.8 Å². The van der Waals surface area contributed by atoms with Gasteiger partial charge in [-0.2, -0.15) is 0 Å². The van der Waals surface area contributed by atoms with Crippen molar-refractivity contribution < 1.29 is 9.90 Å². The van der Waals surface area contributed by atoms with E-state index in [1.165, 1.54) is 10.6 Å². The second kappa shape index (κ2) is 3.65. The molecule has 0 aliphatic rings. The highest BCUT2D eigenvalue weighted by atomic mass is 16.4. The number of carbonyl (C=O) groups is 1. The average molecular weight is 195 g/mol. The van der Waals surface area contributed by atoms with Gasteiger partial charge in [-0.3, -0.25) is 4.79 Å². The molecule has 0 unspecified atom stereocenters. The predicted octanol–water partition coefficient (Wildman–Crippen LogP) is 1.18. The maximum Gasteiger partial charge on any atom is 0.337 e. The van der Waals surface area contributed by atoms with Crippen LogP contribution in [0.2, 0.25) is 0 Å². The summed E-state index contributed by atoms with van der Waals surface area (Å²) >= 11 is 0. The second-order valence-corrected chi connectivity index (χ2v) is 3.18. The third kappa shape index (κ3) is 1.55. The first kappa shape index (κ1) is 10.5. The fraction of sp³-hybridized carbons (Fsp3) is 0.400. The van der Waals surface area contributed by atoms with Crippen LogP contribution < -0.4 is 5.56 Å². The lowest BCUT2D eigenvalue weighted by Gasteiger charge is -2.11. The molecule has 1 rings (SSSR count). The Hall–Kier alpha value is -1.58. The van der Waals surface area contributed by atoms with Crippen LogP contribution >= 0.6 is 0 Å². The van der Waals surface area contributed by atoms with Crippen molar-refractivity contribution in [2.75, 3.05) is 0 Å². The third-order valence-corrected chi connectivity index (χ3v) is 2.30. The van der Waals surface area contributed by atoms with Crippen molar-refractivity contribution in [3.8, 4) is 0 Å². The number of nitrogens with zero attached hydrogens (tertiary/aromatic N) is 1. The molecule has 0 amide bonds. The molecule has 0 saturated carbocycles. The molecule has 1 heterocycles. The number of hydrogen-bond acceptors (Lipinski definition) is 2. The molecule has 14 heavy (non-hydrogen) atoms. The highest BCUT2D eigenvalue weighted by Gasteiger charge is 2.14. The van der Waals surface area contributed by atoms with E-state index >= 15 is 0 Å². The van der Waals surface area contributed by atoms with Crippen LogP contribution in [-0.4, -0.2) is 15.6 Å². The Morgan fingerprint density at radius 3 is 2.50 bits per heavy atom. The summed E-state index contributed by atoms with van der Waals surface area (Å²) in [5.74, 6) is -0.984. The van der Waals surface area contributed by atoms with Gasteiger partial charge in [-0.1, -0.05) is 0 Å². The monoisotopic (exact) mass is 195 g/mol. The maximum absolute atomic E-state index is 11.4. The van der Waals surface area contributed by atoms with Crippen molar-refractivity contribution in [1.29, 1.82) is 0 Å². The van der Waals surface area contributed by atoms with Gasteiger partial charge in [0.1, 0.15) is 0 Å². The number of aromatic nitrogens is 1. The first-order valence-electron chi connectivity index (χ1n) is 4.43. The fourth-order valence-corrected chi connectivity index (χ4v) is 1.64. The van der Waals surface area contributed by atoms with Gasteiger partial charge in [0.15, 0.2) is 0 Å². The lowest BCUT2D eigenvalue weighted by atomic mass is 10.1. The van der Waals surface area contributed by atoms with Gasteiger partial charge in [-0.05, 0) is 26.3 Å². The molecular weight excluding hydrogens is 182 g/mol. The van der Waals surface area contributed by atoms with Crippen LogP contribution in [0.4, 0.5) is 0 Å². The molecule has 4 heteroatoms. The highest BCUT2D eigenvalue weighted by Crippen LogP contribution is 2.10. The lowest BCUT2D eigenvalue weighted by molar-refractivity contribution is 0.0694. The Labute approximate surface area is 81.8 Å². The SMILES string of the molecule is CCn1c(C)c(C(=O)O)c(C)cc1=O.